The lowest BCUT2D eigenvalue weighted by Crippen LogP contribution is -2.46. The van der Waals surface area contributed by atoms with Gasteiger partial charge in [-0.1, -0.05) is 37.3 Å². The number of piperidine rings is 1. The van der Waals surface area contributed by atoms with Gasteiger partial charge in [0.25, 0.3) is 11.6 Å². The molecule has 1 aliphatic heterocycles. The topological polar surface area (TPSA) is 87.5 Å². The van der Waals surface area contributed by atoms with E-state index in [1.54, 1.807) is 12.1 Å². The van der Waals surface area contributed by atoms with E-state index < -0.39 is 4.92 Å². The van der Waals surface area contributed by atoms with E-state index in [1.807, 2.05) is 42.2 Å². The van der Waals surface area contributed by atoms with Gasteiger partial charge in [-0.05, 0) is 50.0 Å². The number of nitrogens with one attached hydrogen (secondary N) is 2. The van der Waals surface area contributed by atoms with Crippen LogP contribution >= 0.6 is 12.4 Å². The van der Waals surface area contributed by atoms with E-state index in [2.05, 4.69) is 10.6 Å². The second-order valence-electron chi connectivity index (χ2n) is 7.31. The van der Waals surface area contributed by atoms with Crippen LogP contribution in [0, 0.1) is 10.1 Å². The molecule has 1 heterocycles. The number of amides is 1. The molecule has 8 heteroatoms. The summed E-state index contributed by atoms with van der Waals surface area (Å²) in [5, 5.41) is 18.1. The first-order valence-corrected chi connectivity index (χ1v) is 10.2. The Labute approximate surface area is 183 Å². The minimum absolute atomic E-state index is 0. The maximum Gasteiger partial charge on any atom is 0.293 e. The quantitative estimate of drug-likeness (QED) is 0.481. The highest BCUT2D eigenvalue weighted by atomic mass is 35.5. The Morgan fingerprint density at radius 2 is 1.90 bits per heavy atom. The van der Waals surface area contributed by atoms with E-state index in [1.165, 1.54) is 6.07 Å². The maximum atomic E-state index is 13.2. The summed E-state index contributed by atoms with van der Waals surface area (Å²) in [6.45, 7) is 4.96. The highest BCUT2D eigenvalue weighted by Crippen LogP contribution is 2.27. The van der Waals surface area contributed by atoms with Gasteiger partial charge in [0.2, 0.25) is 0 Å². The Bertz CT molecular complexity index is 842. The minimum atomic E-state index is -0.432. The summed E-state index contributed by atoms with van der Waals surface area (Å²) in [5.74, 6) is -0.128. The molecule has 0 aliphatic carbocycles. The molecule has 2 aromatic rings. The third-order valence-electron chi connectivity index (χ3n) is 5.24. The number of hydrogen-bond donors (Lipinski definition) is 2. The molecule has 0 unspecified atom stereocenters. The van der Waals surface area contributed by atoms with Gasteiger partial charge in [-0.15, -0.1) is 12.4 Å². The van der Waals surface area contributed by atoms with Crippen LogP contribution in [0.5, 0.6) is 0 Å². The van der Waals surface area contributed by atoms with Gasteiger partial charge in [0.05, 0.1) is 4.92 Å². The Morgan fingerprint density at radius 1 is 1.20 bits per heavy atom. The van der Waals surface area contributed by atoms with E-state index in [-0.39, 0.29) is 30.0 Å². The number of carbonyl (C=O) groups is 1. The van der Waals surface area contributed by atoms with Crippen molar-refractivity contribution in [1.29, 1.82) is 0 Å². The van der Waals surface area contributed by atoms with Crippen molar-refractivity contribution in [3.05, 3.63) is 69.8 Å². The van der Waals surface area contributed by atoms with Crippen LogP contribution in [0.3, 0.4) is 0 Å². The highest BCUT2D eigenvalue weighted by molar-refractivity contribution is 5.96. The molecule has 3 rings (SSSR count). The summed E-state index contributed by atoms with van der Waals surface area (Å²) in [4.78, 5) is 26.3. The Morgan fingerprint density at radius 3 is 2.53 bits per heavy atom. The molecule has 30 heavy (non-hydrogen) atoms. The van der Waals surface area contributed by atoms with Gasteiger partial charge < -0.3 is 15.5 Å². The number of nitrogens with zero attached hydrogens (tertiary/aromatic N) is 2. The number of nitro groups is 1. The van der Waals surface area contributed by atoms with Crippen LogP contribution in [-0.4, -0.2) is 41.4 Å². The van der Waals surface area contributed by atoms with Gasteiger partial charge in [-0.25, -0.2) is 0 Å². The van der Waals surface area contributed by atoms with Crippen molar-refractivity contribution in [3.8, 4) is 0 Å². The molecule has 0 spiro atoms. The van der Waals surface area contributed by atoms with Gasteiger partial charge in [0, 0.05) is 30.8 Å². The van der Waals surface area contributed by atoms with Crippen molar-refractivity contribution in [1.82, 2.24) is 10.2 Å². The molecular weight excluding hydrogens is 404 g/mol. The van der Waals surface area contributed by atoms with Crippen LogP contribution in [0.4, 0.5) is 11.4 Å². The number of benzene rings is 2. The molecule has 0 aromatic heterocycles. The molecule has 1 amide bonds. The smallest absolute Gasteiger partial charge is 0.293 e. The standard InChI is InChI=1S/C22H28N4O3.ClH/c1-2-14-25(19-10-12-23-13-11-19)22(27)18-8-9-20(21(15-18)26(28)29)24-16-17-6-4-3-5-7-17;/h3-9,15,19,23-24H,2,10-14,16H2,1H3;1H. The number of rotatable bonds is 8. The molecule has 0 saturated carbocycles. The first-order valence-electron chi connectivity index (χ1n) is 10.2. The Balaban J connectivity index is 0.00000320. The fraction of sp³-hybridized carbons (Fsp3) is 0.409. The SMILES string of the molecule is CCCN(C(=O)c1ccc(NCc2ccccc2)c([N+](=O)[O-])c1)C1CCNCC1.Cl. The Hall–Kier alpha value is -2.64. The fourth-order valence-electron chi connectivity index (χ4n) is 3.73. The van der Waals surface area contributed by atoms with Gasteiger partial charge in [0.15, 0.2) is 0 Å². The number of carbonyl (C=O) groups excluding carboxylic acids is 1. The van der Waals surface area contributed by atoms with Crippen LogP contribution < -0.4 is 10.6 Å². The number of anilines is 1. The summed E-state index contributed by atoms with van der Waals surface area (Å²) in [6, 6.07) is 14.6. The van der Waals surface area contributed by atoms with E-state index in [0.717, 1.165) is 37.9 Å². The van der Waals surface area contributed by atoms with Crippen molar-refractivity contribution in [2.45, 2.75) is 38.8 Å². The molecule has 2 N–H and O–H groups in total. The molecule has 1 fully saturated rings. The first-order chi connectivity index (χ1) is 14.1. The van der Waals surface area contributed by atoms with Gasteiger partial charge >= 0.3 is 0 Å². The molecule has 1 saturated heterocycles. The lowest BCUT2D eigenvalue weighted by molar-refractivity contribution is -0.384. The lowest BCUT2D eigenvalue weighted by atomic mass is 10.0. The van der Waals surface area contributed by atoms with Gasteiger partial charge in [0.1, 0.15) is 5.69 Å². The van der Waals surface area contributed by atoms with Crippen LogP contribution in [0.2, 0.25) is 0 Å². The minimum Gasteiger partial charge on any atom is -0.375 e. The summed E-state index contributed by atoms with van der Waals surface area (Å²) in [6.07, 6.45) is 2.67. The van der Waals surface area contributed by atoms with Gasteiger partial charge in [-0.2, -0.15) is 0 Å². The summed E-state index contributed by atoms with van der Waals surface area (Å²) >= 11 is 0. The van der Waals surface area contributed by atoms with Crippen molar-refractivity contribution in [2.75, 3.05) is 25.0 Å². The summed E-state index contributed by atoms with van der Waals surface area (Å²) < 4.78 is 0. The van der Waals surface area contributed by atoms with E-state index in [0.29, 0.717) is 24.3 Å². The second kappa shape index (κ2) is 11.5. The fourth-order valence-corrected chi connectivity index (χ4v) is 3.73. The van der Waals surface area contributed by atoms with Crippen molar-refractivity contribution >= 4 is 29.7 Å². The molecule has 7 nitrogen and oxygen atoms in total. The molecule has 162 valence electrons. The predicted octanol–water partition coefficient (Wildman–Crippen LogP) is 4.23. The zero-order valence-electron chi connectivity index (χ0n) is 17.2. The molecule has 2 aromatic carbocycles. The Kier molecular flexibility index (Phi) is 9.08. The van der Waals surface area contributed by atoms with Crippen LogP contribution in [0.15, 0.2) is 48.5 Å². The van der Waals surface area contributed by atoms with E-state index >= 15 is 0 Å². The van der Waals surface area contributed by atoms with Crippen LogP contribution in [0.1, 0.15) is 42.1 Å². The third-order valence-corrected chi connectivity index (χ3v) is 5.24. The predicted molar refractivity (Wildman–Crippen MR) is 121 cm³/mol. The van der Waals surface area contributed by atoms with E-state index in [4.69, 9.17) is 0 Å². The van der Waals surface area contributed by atoms with Crippen LogP contribution in [0.25, 0.3) is 0 Å². The molecule has 0 bridgehead atoms. The summed E-state index contributed by atoms with van der Waals surface area (Å²) in [5.41, 5.74) is 1.74. The zero-order chi connectivity index (χ0) is 20.6. The molecule has 0 radical (unpaired) electrons. The zero-order valence-corrected chi connectivity index (χ0v) is 18.0. The van der Waals surface area contributed by atoms with Crippen molar-refractivity contribution in [3.63, 3.8) is 0 Å². The monoisotopic (exact) mass is 432 g/mol. The maximum absolute atomic E-state index is 13.2. The molecular formula is C22H29ClN4O3. The van der Waals surface area contributed by atoms with Crippen molar-refractivity contribution < 1.29 is 9.72 Å². The third kappa shape index (κ3) is 5.93. The normalized spacial score (nSPS) is 13.9. The highest BCUT2D eigenvalue weighted by Gasteiger charge is 2.27. The average molecular weight is 433 g/mol. The van der Waals surface area contributed by atoms with E-state index in [9.17, 15) is 14.9 Å². The first kappa shape index (κ1) is 23.6. The van der Waals surface area contributed by atoms with Gasteiger partial charge in [-0.3, -0.25) is 14.9 Å². The number of halogens is 1. The average Bonchev–Trinajstić information content (AvgIpc) is 2.76. The van der Waals surface area contributed by atoms with Crippen molar-refractivity contribution in [2.24, 2.45) is 0 Å². The molecule has 1 aliphatic rings. The number of nitro benzene ring substituents is 1. The largest absolute Gasteiger partial charge is 0.375 e. The second-order valence-corrected chi connectivity index (χ2v) is 7.31. The summed E-state index contributed by atoms with van der Waals surface area (Å²) in [7, 11) is 0. The lowest BCUT2D eigenvalue weighted by Gasteiger charge is -2.34. The van der Waals surface area contributed by atoms with Crippen LogP contribution in [-0.2, 0) is 6.54 Å². The molecule has 0 atom stereocenters. The number of hydrogen-bond acceptors (Lipinski definition) is 5.